The average Bonchev–Trinajstić information content (AvgIpc) is 2.05. The van der Waals surface area contributed by atoms with Crippen LogP contribution < -0.4 is 0 Å². The van der Waals surface area contributed by atoms with Gasteiger partial charge >= 0.3 is 0 Å². The van der Waals surface area contributed by atoms with Crippen LogP contribution in [0.15, 0.2) is 12.7 Å². The van der Waals surface area contributed by atoms with Crippen molar-refractivity contribution in [2.45, 2.75) is 31.2 Å². The minimum absolute atomic E-state index is 0.00412. The van der Waals surface area contributed by atoms with E-state index in [1.54, 1.807) is 6.08 Å². The molecule has 3 heteroatoms. The molecule has 0 aromatic heterocycles. The van der Waals surface area contributed by atoms with Gasteiger partial charge in [0, 0.05) is 0 Å². The summed E-state index contributed by atoms with van der Waals surface area (Å²) in [6.45, 7) is 3.47. The molecule has 1 aliphatic heterocycles. The smallest absolute Gasteiger partial charge is 0.107 e. The van der Waals surface area contributed by atoms with Crippen molar-refractivity contribution in [1.82, 2.24) is 0 Å². The molecule has 1 rings (SSSR count). The lowest BCUT2D eigenvalue weighted by molar-refractivity contribution is -0.118. The Morgan fingerprint density at radius 2 is 2.27 bits per heavy atom. The summed E-state index contributed by atoms with van der Waals surface area (Å²) >= 11 is 0. The van der Waals surface area contributed by atoms with E-state index in [9.17, 15) is 5.11 Å². The Bertz CT molecular complexity index is 135. The topological polar surface area (TPSA) is 49.7 Å². The van der Waals surface area contributed by atoms with Crippen molar-refractivity contribution in [2.24, 2.45) is 0 Å². The maximum absolute atomic E-state index is 9.26. The summed E-state index contributed by atoms with van der Waals surface area (Å²) in [5.41, 5.74) is 0. The third-order valence-electron chi connectivity index (χ3n) is 1.97. The fraction of sp³-hybridized carbons (Fsp3) is 0.750. The Balaban J connectivity index is 2.43. The molecule has 1 heterocycles. The van der Waals surface area contributed by atoms with E-state index in [0.29, 0.717) is 6.42 Å². The number of aliphatic hydroxyl groups is 2. The predicted octanol–water partition coefficient (Wildman–Crippen LogP) is 0.0732. The molecule has 1 aliphatic rings. The summed E-state index contributed by atoms with van der Waals surface area (Å²) in [5.74, 6) is 0. The second kappa shape index (κ2) is 3.85. The lowest BCUT2D eigenvalue weighted by atomic mass is 10.0. The molecule has 0 bridgehead atoms. The van der Waals surface area contributed by atoms with Gasteiger partial charge in [-0.3, -0.25) is 0 Å². The van der Waals surface area contributed by atoms with Gasteiger partial charge in [0.25, 0.3) is 0 Å². The van der Waals surface area contributed by atoms with Crippen LogP contribution in [-0.2, 0) is 4.74 Å². The normalized spacial score (nSPS) is 38.5. The molecule has 2 N–H and O–H groups in total. The first-order chi connectivity index (χ1) is 5.27. The van der Waals surface area contributed by atoms with Gasteiger partial charge in [0.1, 0.15) is 6.10 Å². The summed E-state index contributed by atoms with van der Waals surface area (Å²) < 4.78 is 5.28. The number of rotatable bonds is 2. The standard InChI is InChI=1S/C8H14O3/c1-2-6-3-4-7(10)8(5-9)11-6/h2,6-10H,1,3-5H2/t6-,7-,8+/m0/s1. The molecular weight excluding hydrogens is 144 g/mol. The second-order valence-electron chi connectivity index (χ2n) is 2.78. The predicted molar refractivity (Wildman–Crippen MR) is 41.2 cm³/mol. The Hall–Kier alpha value is -0.380. The first-order valence-electron chi connectivity index (χ1n) is 3.85. The van der Waals surface area contributed by atoms with Gasteiger partial charge in [-0.15, -0.1) is 6.58 Å². The second-order valence-corrected chi connectivity index (χ2v) is 2.78. The van der Waals surface area contributed by atoms with Crippen molar-refractivity contribution in [3.63, 3.8) is 0 Å². The van der Waals surface area contributed by atoms with Gasteiger partial charge in [0.05, 0.1) is 18.8 Å². The quantitative estimate of drug-likeness (QED) is 0.559. The van der Waals surface area contributed by atoms with E-state index < -0.39 is 12.2 Å². The molecule has 64 valence electrons. The van der Waals surface area contributed by atoms with Gasteiger partial charge in [-0.25, -0.2) is 0 Å². The summed E-state index contributed by atoms with van der Waals surface area (Å²) in [6.07, 6.45) is 2.23. The number of ether oxygens (including phenoxy) is 1. The monoisotopic (exact) mass is 158 g/mol. The van der Waals surface area contributed by atoms with E-state index in [1.807, 2.05) is 0 Å². The fourth-order valence-electron chi connectivity index (χ4n) is 1.24. The van der Waals surface area contributed by atoms with E-state index in [2.05, 4.69) is 6.58 Å². The van der Waals surface area contributed by atoms with Crippen molar-refractivity contribution in [2.75, 3.05) is 6.61 Å². The molecule has 0 aromatic carbocycles. The van der Waals surface area contributed by atoms with Crippen LogP contribution in [0.4, 0.5) is 0 Å². The molecule has 3 atom stereocenters. The average molecular weight is 158 g/mol. The SMILES string of the molecule is C=C[C@H]1CC[C@H](O)[C@@H](CO)O1. The first-order valence-corrected chi connectivity index (χ1v) is 3.85. The van der Waals surface area contributed by atoms with Crippen molar-refractivity contribution in [3.8, 4) is 0 Å². The Morgan fingerprint density at radius 3 is 2.82 bits per heavy atom. The molecule has 0 spiro atoms. The number of hydrogen-bond donors (Lipinski definition) is 2. The van der Waals surface area contributed by atoms with Crippen molar-refractivity contribution >= 4 is 0 Å². The van der Waals surface area contributed by atoms with E-state index in [1.165, 1.54) is 0 Å². The zero-order chi connectivity index (χ0) is 8.27. The highest BCUT2D eigenvalue weighted by molar-refractivity contribution is 4.87. The van der Waals surface area contributed by atoms with Crippen molar-refractivity contribution < 1.29 is 14.9 Å². The molecular formula is C8H14O3. The van der Waals surface area contributed by atoms with Crippen LogP contribution in [0.3, 0.4) is 0 Å². The molecule has 0 unspecified atom stereocenters. The summed E-state index contributed by atoms with van der Waals surface area (Å²) in [7, 11) is 0. The highest BCUT2D eigenvalue weighted by Crippen LogP contribution is 2.19. The zero-order valence-electron chi connectivity index (χ0n) is 6.44. The van der Waals surface area contributed by atoms with Crippen LogP contribution in [0, 0.1) is 0 Å². The molecule has 0 aliphatic carbocycles. The highest BCUT2D eigenvalue weighted by atomic mass is 16.5. The van der Waals surface area contributed by atoms with Gasteiger partial charge < -0.3 is 14.9 Å². The summed E-state index contributed by atoms with van der Waals surface area (Å²) in [4.78, 5) is 0. The Morgan fingerprint density at radius 1 is 1.55 bits per heavy atom. The highest BCUT2D eigenvalue weighted by Gasteiger charge is 2.27. The number of hydrogen-bond acceptors (Lipinski definition) is 3. The summed E-state index contributed by atoms with van der Waals surface area (Å²) in [6, 6.07) is 0. The van der Waals surface area contributed by atoms with Crippen LogP contribution in [0.2, 0.25) is 0 Å². The molecule has 11 heavy (non-hydrogen) atoms. The van der Waals surface area contributed by atoms with Gasteiger partial charge in [-0.05, 0) is 12.8 Å². The minimum Gasteiger partial charge on any atom is -0.394 e. The first kappa shape index (κ1) is 8.71. The van der Waals surface area contributed by atoms with Crippen molar-refractivity contribution in [1.29, 1.82) is 0 Å². The van der Waals surface area contributed by atoms with E-state index >= 15 is 0 Å². The fourth-order valence-corrected chi connectivity index (χ4v) is 1.24. The Kier molecular flexibility index (Phi) is 3.05. The van der Waals surface area contributed by atoms with Gasteiger partial charge in [0.15, 0.2) is 0 Å². The molecule has 0 amide bonds. The zero-order valence-corrected chi connectivity index (χ0v) is 6.44. The molecule has 0 saturated carbocycles. The van der Waals surface area contributed by atoms with E-state index in [-0.39, 0.29) is 12.7 Å². The van der Waals surface area contributed by atoms with Crippen LogP contribution in [0.5, 0.6) is 0 Å². The minimum atomic E-state index is -0.517. The van der Waals surface area contributed by atoms with Crippen LogP contribution in [-0.4, -0.2) is 35.1 Å². The lowest BCUT2D eigenvalue weighted by Crippen LogP contribution is -2.40. The molecule has 0 aromatic rings. The van der Waals surface area contributed by atoms with E-state index in [4.69, 9.17) is 9.84 Å². The van der Waals surface area contributed by atoms with Gasteiger partial charge in [-0.2, -0.15) is 0 Å². The maximum Gasteiger partial charge on any atom is 0.107 e. The summed E-state index contributed by atoms with van der Waals surface area (Å²) in [5, 5.41) is 18.0. The van der Waals surface area contributed by atoms with Crippen LogP contribution >= 0.6 is 0 Å². The molecule has 3 nitrogen and oxygen atoms in total. The van der Waals surface area contributed by atoms with Crippen LogP contribution in [0.25, 0.3) is 0 Å². The van der Waals surface area contributed by atoms with Gasteiger partial charge in [-0.1, -0.05) is 6.08 Å². The lowest BCUT2D eigenvalue weighted by Gasteiger charge is -2.31. The largest absolute Gasteiger partial charge is 0.394 e. The third kappa shape index (κ3) is 2.02. The van der Waals surface area contributed by atoms with E-state index in [0.717, 1.165) is 6.42 Å². The van der Waals surface area contributed by atoms with Gasteiger partial charge in [0.2, 0.25) is 0 Å². The van der Waals surface area contributed by atoms with Crippen molar-refractivity contribution in [3.05, 3.63) is 12.7 Å². The number of aliphatic hydroxyl groups excluding tert-OH is 2. The molecule has 0 radical (unpaired) electrons. The van der Waals surface area contributed by atoms with Crippen LogP contribution in [0.1, 0.15) is 12.8 Å². The third-order valence-corrected chi connectivity index (χ3v) is 1.97. The molecule has 1 fully saturated rings. The molecule has 1 saturated heterocycles. The Labute approximate surface area is 66.3 Å². The maximum atomic E-state index is 9.26.